The summed E-state index contributed by atoms with van der Waals surface area (Å²) in [4.78, 5) is 36.7. The van der Waals surface area contributed by atoms with Crippen LogP contribution in [-0.2, 0) is 14.3 Å². The van der Waals surface area contributed by atoms with Gasteiger partial charge in [0, 0.05) is 0 Å². The second kappa shape index (κ2) is 6.31. The number of nitrogens with one attached hydrogen (secondary N) is 1. The first kappa shape index (κ1) is 18.4. The summed E-state index contributed by atoms with van der Waals surface area (Å²) in [7, 11) is 0. The molecule has 4 fully saturated rings. The number of carbonyl (C=O) groups excluding carboxylic acids is 3. The van der Waals surface area contributed by atoms with Crippen molar-refractivity contribution in [3.63, 3.8) is 0 Å². The average molecular weight is 392 g/mol. The summed E-state index contributed by atoms with van der Waals surface area (Å²) in [5.74, 6) is -0.803. The van der Waals surface area contributed by atoms with Gasteiger partial charge in [-0.15, -0.1) is 11.3 Å². The van der Waals surface area contributed by atoms with Crippen molar-refractivity contribution in [1.82, 2.24) is 0 Å². The number of aliphatic hydroxyl groups is 1. The number of ether oxygens (including phenoxy) is 1. The SMILES string of the molecule is C[C@@H](OC(=O)C12C[C@H]3C[C@@H](CC(O)(C3)C1)C2)C(=O)Nc1sccc1C(N)=O. The minimum absolute atomic E-state index is 0.232. The molecule has 0 aliphatic heterocycles. The zero-order chi connectivity index (χ0) is 19.4. The van der Waals surface area contributed by atoms with Gasteiger partial charge in [-0.3, -0.25) is 14.4 Å². The van der Waals surface area contributed by atoms with E-state index in [4.69, 9.17) is 10.5 Å². The zero-order valence-electron chi connectivity index (χ0n) is 15.2. The first-order chi connectivity index (χ1) is 12.7. The fourth-order valence-electron chi connectivity index (χ4n) is 5.61. The molecule has 27 heavy (non-hydrogen) atoms. The summed E-state index contributed by atoms with van der Waals surface area (Å²) in [5.41, 5.74) is 4.08. The smallest absolute Gasteiger partial charge is 0.312 e. The molecule has 2 amide bonds. The number of thiophene rings is 1. The lowest BCUT2D eigenvalue weighted by molar-refractivity contribution is -0.199. The Kier molecular flexibility index (Phi) is 4.31. The Morgan fingerprint density at radius 1 is 1.30 bits per heavy atom. The summed E-state index contributed by atoms with van der Waals surface area (Å²) in [6, 6.07) is 1.54. The Morgan fingerprint density at radius 3 is 2.56 bits per heavy atom. The van der Waals surface area contributed by atoms with Gasteiger partial charge in [-0.2, -0.15) is 0 Å². The largest absolute Gasteiger partial charge is 0.452 e. The van der Waals surface area contributed by atoms with Gasteiger partial charge in [-0.1, -0.05) is 0 Å². The average Bonchev–Trinajstić information content (AvgIpc) is 3.00. The monoisotopic (exact) mass is 392 g/mol. The lowest BCUT2D eigenvalue weighted by Crippen LogP contribution is -2.59. The van der Waals surface area contributed by atoms with Gasteiger partial charge in [0.1, 0.15) is 5.00 Å². The molecule has 3 atom stereocenters. The Balaban J connectivity index is 1.43. The van der Waals surface area contributed by atoms with Crippen LogP contribution in [0.2, 0.25) is 0 Å². The summed E-state index contributed by atoms with van der Waals surface area (Å²) in [6.07, 6.45) is 3.50. The third-order valence-electron chi connectivity index (χ3n) is 6.28. The maximum absolute atomic E-state index is 12.9. The van der Waals surface area contributed by atoms with Gasteiger partial charge in [-0.25, -0.2) is 0 Å². The van der Waals surface area contributed by atoms with Gasteiger partial charge in [-0.05, 0) is 68.7 Å². The van der Waals surface area contributed by atoms with E-state index in [-0.39, 0.29) is 11.5 Å². The molecule has 1 aromatic heterocycles. The van der Waals surface area contributed by atoms with E-state index in [0.29, 0.717) is 23.3 Å². The van der Waals surface area contributed by atoms with Crippen molar-refractivity contribution < 1.29 is 24.2 Å². The molecule has 0 unspecified atom stereocenters. The van der Waals surface area contributed by atoms with Crippen molar-refractivity contribution in [1.29, 1.82) is 0 Å². The van der Waals surface area contributed by atoms with Crippen LogP contribution in [0.1, 0.15) is 55.8 Å². The highest BCUT2D eigenvalue weighted by molar-refractivity contribution is 7.14. The number of nitrogens with two attached hydrogens (primary N) is 1. The van der Waals surface area contributed by atoms with E-state index in [0.717, 1.165) is 32.1 Å². The van der Waals surface area contributed by atoms with Crippen LogP contribution in [0.3, 0.4) is 0 Å². The minimum Gasteiger partial charge on any atom is -0.452 e. The van der Waals surface area contributed by atoms with E-state index in [1.807, 2.05) is 0 Å². The van der Waals surface area contributed by atoms with Crippen LogP contribution in [0.25, 0.3) is 0 Å². The van der Waals surface area contributed by atoms with Crippen molar-refractivity contribution in [2.45, 2.75) is 57.2 Å². The van der Waals surface area contributed by atoms with E-state index in [1.165, 1.54) is 24.3 Å². The molecule has 4 saturated carbocycles. The molecule has 146 valence electrons. The van der Waals surface area contributed by atoms with Gasteiger partial charge in [0.2, 0.25) is 0 Å². The van der Waals surface area contributed by atoms with Gasteiger partial charge >= 0.3 is 5.97 Å². The molecular formula is C19H24N2O5S. The van der Waals surface area contributed by atoms with Crippen LogP contribution in [0.5, 0.6) is 0 Å². The number of primary amides is 1. The van der Waals surface area contributed by atoms with Crippen molar-refractivity contribution in [3.8, 4) is 0 Å². The molecule has 7 nitrogen and oxygen atoms in total. The fraction of sp³-hybridized carbons (Fsp3) is 0.632. The summed E-state index contributed by atoms with van der Waals surface area (Å²) in [5, 5.41) is 15.4. The van der Waals surface area contributed by atoms with Crippen molar-refractivity contribution in [3.05, 3.63) is 17.0 Å². The number of amides is 2. The van der Waals surface area contributed by atoms with Crippen LogP contribution in [0.4, 0.5) is 5.00 Å². The molecule has 0 aromatic carbocycles. The predicted molar refractivity (Wildman–Crippen MR) is 99.1 cm³/mol. The molecule has 0 saturated heterocycles. The van der Waals surface area contributed by atoms with Gasteiger partial charge in [0.15, 0.2) is 6.10 Å². The standard InChI is InChI=1S/C19H24N2O5S/c1-10(15(23)21-16-13(14(20)22)2-3-27-16)26-17(24)18-5-11-4-12(6-18)8-19(25,7-11)9-18/h2-3,10-12,25H,4-9H2,1H3,(H2,20,22)(H,21,23)/t10-,11-,12-,18?,19?/m1/s1. The Labute approximate surface area is 161 Å². The normalized spacial score (nSPS) is 34.9. The van der Waals surface area contributed by atoms with Crippen molar-refractivity contribution >= 4 is 34.1 Å². The Bertz CT molecular complexity index is 790. The molecular weight excluding hydrogens is 368 g/mol. The molecule has 1 aromatic rings. The second-order valence-electron chi connectivity index (χ2n) is 8.53. The van der Waals surface area contributed by atoms with Crippen molar-refractivity contribution in [2.75, 3.05) is 5.32 Å². The lowest BCUT2D eigenvalue weighted by atomic mass is 9.48. The number of anilines is 1. The maximum Gasteiger partial charge on any atom is 0.312 e. The van der Waals surface area contributed by atoms with Gasteiger partial charge in [0.05, 0.1) is 16.6 Å². The number of rotatable bonds is 5. The molecule has 4 aliphatic rings. The third kappa shape index (κ3) is 3.25. The number of carbonyl (C=O) groups is 3. The topological polar surface area (TPSA) is 119 Å². The summed E-state index contributed by atoms with van der Waals surface area (Å²) in [6.45, 7) is 1.51. The predicted octanol–water partition coefficient (Wildman–Crippen LogP) is 2.05. The first-order valence-corrected chi connectivity index (χ1v) is 10.2. The fourth-order valence-corrected chi connectivity index (χ4v) is 6.40. The Hall–Kier alpha value is -1.93. The first-order valence-electron chi connectivity index (χ1n) is 9.31. The molecule has 4 N–H and O–H groups in total. The molecule has 0 radical (unpaired) electrons. The number of hydrogen-bond acceptors (Lipinski definition) is 6. The van der Waals surface area contributed by atoms with E-state index in [2.05, 4.69) is 5.32 Å². The van der Waals surface area contributed by atoms with Crippen LogP contribution in [0.15, 0.2) is 11.4 Å². The molecule has 0 spiro atoms. The van der Waals surface area contributed by atoms with Gasteiger partial charge < -0.3 is 20.9 Å². The quantitative estimate of drug-likeness (QED) is 0.663. The molecule has 4 bridgehead atoms. The molecule has 4 aliphatic carbocycles. The van der Waals surface area contributed by atoms with E-state index >= 15 is 0 Å². The number of hydrogen-bond donors (Lipinski definition) is 3. The summed E-state index contributed by atoms with van der Waals surface area (Å²) < 4.78 is 5.52. The number of esters is 1. The lowest BCUT2D eigenvalue weighted by Gasteiger charge is -2.58. The van der Waals surface area contributed by atoms with Crippen LogP contribution in [0, 0.1) is 17.3 Å². The van der Waals surface area contributed by atoms with Crippen LogP contribution >= 0.6 is 11.3 Å². The minimum atomic E-state index is -0.997. The highest BCUT2D eigenvalue weighted by atomic mass is 32.1. The zero-order valence-corrected chi connectivity index (χ0v) is 16.0. The van der Waals surface area contributed by atoms with E-state index in [9.17, 15) is 19.5 Å². The maximum atomic E-state index is 12.9. The molecule has 1 heterocycles. The third-order valence-corrected chi connectivity index (χ3v) is 7.11. The highest BCUT2D eigenvalue weighted by Gasteiger charge is 2.61. The van der Waals surface area contributed by atoms with Gasteiger partial charge in [0.25, 0.3) is 11.8 Å². The molecule has 5 rings (SSSR count). The van der Waals surface area contributed by atoms with E-state index < -0.39 is 28.9 Å². The van der Waals surface area contributed by atoms with Crippen LogP contribution < -0.4 is 11.1 Å². The Morgan fingerprint density at radius 2 is 1.96 bits per heavy atom. The highest BCUT2D eigenvalue weighted by Crippen LogP contribution is 2.62. The summed E-state index contributed by atoms with van der Waals surface area (Å²) >= 11 is 1.18. The second-order valence-corrected chi connectivity index (χ2v) is 9.45. The van der Waals surface area contributed by atoms with E-state index in [1.54, 1.807) is 5.38 Å². The van der Waals surface area contributed by atoms with Crippen LogP contribution in [-0.4, -0.2) is 34.6 Å². The van der Waals surface area contributed by atoms with Crippen molar-refractivity contribution in [2.24, 2.45) is 23.0 Å². The molecule has 8 heteroatoms.